The second kappa shape index (κ2) is 8.14. The number of fused-ring (bicyclic) bond motifs is 1. The second-order valence-corrected chi connectivity index (χ2v) is 11.1. The zero-order valence-electron chi connectivity index (χ0n) is 17.9. The fraction of sp³-hybridized carbons (Fsp3) is 0.667. The maximum atomic E-state index is 12.7. The van der Waals surface area contributed by atoms with Gasteiger partial charge in [0.25, 0.3) is 15.8 Å². The summed E-state index contributed by atoms with van der Waals surface area (Å²) in [6, 6.07) is 3.70. The number of nitrogens with one attached hydrogen (secondary N) is 1. The Morgan fingerprint density at radius 3 is 2.42 bits per heavy atom. The van der Waals surface area contributed by atoms with Gasteiger partial charge in [0.05, 0.1) is 0 Å². The largest absolute Gasteiger partial charge is 0.351 e. The van der Waals surface area contributed by atoms with Crippen molar-refractivity contribution in [3.8, 4) is 0 Å². The lowest BCUT2D eigenvalue weighted by Gasteiger charge is -2.41. The average Bonchev–Trinajstić information content (AvgIpc) is 3.26. The van der Waals surface area contributed by atoms with Crippen LogP contribution in [0.25, 0.3) is 11.0 Å². The molecule has 1 saturated carbocycles. The molecule has 0 bridgehead atoms. The van der Waals surface area contributed by atoms with E-state index >= 15 is 0 Å². The SMILES string of the molecule is CC1CN(S(=O)(=O)N2CCC(Nc3ncc4ccc(=O)n(C5CCCC5)c4n3)CC2)C1. The molecule has 4 heterocycles. The maximum Gasteiger partial charge on any atom is 0.281 e. The summed E-state index contributed by atoms with van der Waals surface area (Å²) in [5, 5.41) is 4.24. The molecule has 0 amide bonds. The molecule has 5 rings (SSSR count). The summed E-state index contributed by atoms with van der Waals surface area (Å²) in [7, 11) is -3.33. The van der Waals surface area contributed by atoms with Gasteiger partial charge < -0.3 is 5.32 Å². The third kappa shape index (κ3) is 3.96. The van der Waals surface area contributed by atoms with Crippen molar-refractivity contribution in [1.82, 2.24) is 23.1 Å². The van der Waals surface area contributed by atoms with E-state index in [-0.39, 0.29) is 17.6 Å². The van der Waals surface area contributed by atoms with Gasteiger partial charge in [-0.1, -0.05) is 19.8 Å². The van der Waals surface area contributed by atoms with E-state index in [0.29, 0.717) is 56.5 Å². The van der Waals surface area contributed by atoms with Crippen LogP contribution < -0.4 is 10.9 Å². The fourth-order valence-corrected chi connectivity index (χ4v) is 6.91. The van der Waals surface area contributed by atoms with Crippen LogP contribution in [0.2, 0.25) is 0 Å². The van der Waals surface area contributed by atoms with Gasteiger partial charge in [0.15, 0.2) is 0 Å². The van der Waals surface area contributed by atoms with Gasteiger partial charge in [-0.2, -0.15) is 22.0 Å². The Hall–Kier alpha value is -2.04. The summed E-state index contributed by atoms with van der Waals surface area (Å²) in [5.74, 6) is 0.948. The third-order valence-corrected chi connectivity index (χ3v) is 8.80. The van der Waals surface area contributed by atoms with Gasteiger partial charge >= 0.3 is 0 Å². The number of nitrogens with zero attached hydrogens (tertiary/aromatic N) is 5. The van der Waals surface area contributed by atoms with Crippen molar-refractivity contribution in [2.24, 2.45) is 5.92 Å². The Morgan fingerprint density at radius 2 is 1.74 bits per heavy atom. The highest BCUT2D eigenvalue weighted by atomic mass is 32.2. The zero-order chi connectivity index (χ0) is 21.6. The van der Waals surface area contributed by atoms with Gasteiger partial charge in [-0.05, 0) is 37.7 Å². The zero-order valence-corrected chi connectivity index (χ0v) is 18.7. The summed E-state index contributed by atoms with van der Waals surface area (Å²) < 4.78 is 30.4. The highest BCUT2D eigenvalue weighted by molar-refractivity contribution is 7.86. The van der Waals surface area contributed by atoms with Gasteiger partial charge in [0.1, 0.15) is 5.65 Å². The highest BCUT2D eigenvalue weighted by Crippen LogP contribution is 2.30. The van der Waals surface area contributed by atoms with Crippen LogP contribution in [-0.4, -0.2) is 63.8 Å². The van der Waals surface area contributed by atoms with Crippen LogP contribution in [0.1, 0.15) is 51.5 Å². The summed E-state index contributed by atoms with van der Waals surface area (Å²) in [6.45, 7) is 4.29. The molecule has 2 aromatic heterocycles. The van der Waals surface area contributed by atoms with E-state index in [1.54, 1.807) is 26.9 Å². The van der Waals surface area contributed by atoms with E-state index in [1.165, 1.54) is 0 Å². The first-order chi connectivity index (χ1) is 14.9. The Morgan fingerprint density at radius 1 is 1.03 bits per heavy atom. The van der Waals surface area contributed by atoms with Crippen molar-refractivity contribution in [3.63, 3.8) is 0 Å². The predicted molar refractivity (Wildman–Crippen MR) is 119 cm³/mol. The van der Waals surface area contributed by atoms with Crippen LogP contribution in [0.3, 0.4) is 0 Å². The van der Waals surface area contributed by atoms with Crippen LogP contribution in [0.5, 0.6) is 0 Å². The molecule has 31 heavy (non-hydrogen) atoms. The molecular weight excluding hydrogens is 416 g/mol. The van der Waals surface area contributed by atoms with Gasteiger partial charge in [-0.3, -0.25) is 9.36 Å². The quantitative estimate of drug-likeness (QED) is 0.754. The van der Waals surface area contributed by atoms with Crippen molar-refractivity contribution >= 4 is 27.2 Å². The molecule has 1 N–H and O–H groups in total. The van der Waals surface area contributed by atoms with E-state index in [4.69, 9.17) is 4.98 Å². The van der Waals surface area contributed by atoms with Crippen LogP contribution in [0.15, 0.2) is 23.1 Å². The minimum atomic E-state index is -3.33. The van der Waals surface area contributed by atoms with Gasteiger partial charge in [-0.25, -0.2) is 4.98 Å². The molecule has 9 nitrogen and oxygen atoms in total. The van der Waals surface area contributed by atoms with Gasteiger partial charge in [0.2, 0.25) is 5.95 Å². The minimum Gasteiger partial charge on any atom is -0.351 e. The van der Waals surface area contributed by atoms with E-state index in [1.807, 2.05) is 4.57 Å². The molecule has 168 valence electrons. The molecule has 3 fully saturated rings. The monoisotopic (exact) mass is 446 g/mol. The van der Waals surface area contributed by atoms with Crippen molar-refractivity contribution in [2.75, 3.05) is 31.5 Å². The molecule has 3 aliphatic rings. The van der Waals surface area contributed by atoms with Gasteiger partial charge in [0, 0.05) is 55.9 Å². The Balaban J connectivity index is 1.29. The summed E-state index contributed by atoms with van der Waals surface area (Å²) in [6.07, 6.45) is 7.47. The lowest BCUT2D eigenvalue weighted by atomic mass is 10.1. The van der Waals surface area contributed by atoms with Crippen molar-refractivity contribution in [3.05, 3.63) is 28.7 Å². The summed E-state index contributed by atoms with van der Waals surface area (Å²) >= 11 is 0. The molecule has 0 aromatic carbocycles. The Kier molecular flexibility index (Phi) is 5.47. The van der Waals surface area contributed by atoms with Crippen LogP contribution >= 0.6 is 0 Å². The Bertz CT molecular complexity index is 1110. The first-order valence-corrected chi connectivity index (χ1v) is 12.7. The average molecular weight is 447 g/mol. The lowest BCUT2D eigenvalue weighted by Crippen LogP contribution is -2.56. The number of rotatable bonds is 5. The fourth-order valence-electron chi connectivity index (χ4n) is 5.03. The minimum absolute atomic E-state index is 0.0112. The third-order valence-electron chi connectivity index (χ3n) is 6.83. The van der Waals surface area contributed by atoms with Gasteiger partial charge in [-0.15, -0.1) is 0 Å². The molecule has 0 unspecified atom stereocenters. The smallest absolute Gasteiger partial charge is 0.281 e. The van der Waals surface area contributed by atoms with Crippen molar-refractivity contribution in [1.29, 1.82) is 0 Å². The Labute approximate surface area is 182 Å². The van der Waals surface area contributed by atoms with Crippen LogP contribution in [0, 0.1) is 5.92 Å². The first kappa shape index (κ1) is 20.8. The van der Waals surface area contributed by atoms with E-state index < -0.39 is 10.2 Å². The number of hydrogen-bond donors (Lipinski definition) is 1. The van der Waals surface area contributed by atoms with Crippen molar-refractivity contribution in [2.45, 2.75) is 57.5 Å². The number of pyridine rings is 1. The molecule has 2 aromatic rings. The highest BCUT2D eigenvalue weighted by Gasteiger charge is 2.38. The standard InChI is InChI=1S/C21H30N6O3S/c1-15-13-26(14-15)31(29,30)25-10-8-17(9-11-25)23-21-22-12-16-6-7-19(28)27(20(16)24-21)18-4-2-3-5-18/h6-7,12,15,17-18H,2-5,8-11,13-14H2,1H3,(H,22,23,24). The molecule has 2 saturated heterocycles. The van der Waals surface area contributed by atoms with E-state index in [2.05, 4.69) is 17.2 Å². The second-order valence-electron chi connectivity index (χ2n) is 9.20. The number of piperidine rings is 1. The van der Waals surface area contributed by atoms with E-state index in [0.717, 1.165) is 31.1 Å². The topological polar surface area (TPSA) is 100 Å². The molecule has 1 aliphatic carbocycles. The maximum absolute atomic E-state index is 12.7. The predicted octanol–water partition coefficient (Wildman–Crippen LogP) is 1.98. The summed E-state index contributed by atoms with van der Waals surface area (Å²) in [5.41, 5.74) is 0.673. The van der Waals surface area contributed by atoms with Crippen LogP contribution in [-0.2, 0) is 10.2 Å². The first-order valence-electron chi connectivity index (χ1n) is 11.3. The summed E-state index contributed by atoms with van der Waals surface area (Å²) in [4.78, 5) is 21.7. The number of aromatic nitrogens is 3. The molecule has 10 heteroatoms. The number of hydrogen-bond acceptors (Lipinski definition) is 6. The van der Waals surface area contributed by atoms with Crippen LogP contribution in [0.4, 0.5) is 5.95 Å². The molecule has 0 spiro atoms. The molecular formula is C21H30N6O3S. The number of anilines is 1. The van der Waals surface area contributed by atoms with E-state index in [9.17, 15) is 13.2 Å². The molecule has 0 atom stereocenters. The molecule has 2 aliphatic heterocycles. The normalized spacial score (nSPS) is 22.7. The molecule has 0 radical (unpaired) electrons. The lowest BCUT2D eigenvalue weighted by molar-refractivity contribution is 0.193. The van der Waals surface area contributed by atoms with Crippen molar-refractivity contribution < 1.29 is 8.42 Å².